The first-order valence-corrected chi connectivity index (χ1v) is 6.99. The minimum Gasteiger partial charge on any atom is -0.398 e. The van der Waals surface area contributed by atoms with Gasteiger partial charge in [-0.05, 0) is 39.2 Å². The second-order valence-corrected chi connectivity index (χ2v) is 5.81. The Morgan fingerprint density at radius 1 is 1.28 bits per heavy atom. The number of thioether (sulfide) groups is 1. The molecule has 0 aliphatic carbocycles. The molecule has 0 saturated carbocycles. The van der Waals surface area contributed by atoms with Crippen LogP contribution in [0.5, 0.6) is 0 Å². The predicted molar refractivity (Wildman–Crippen MR) is 80.2 cm³/mol. The van der Waals surface area contributed by atoms with E-state index in [2.05, 4.69) is 36.1 Å². The lowest BCUT2D eigenvalue weighted by Crippen LogP contribution is -2.14. The number of nitrogens with two attached hydrogens (primary N) is 1. The van der Waals surface area contributed by atoms with Crippen molar-refractivity contribution in [1.82, 2.24) is 9.88 Å². The van der Waals surface area contributed by atoms with E-state index in [0.717, 1.165) is 29.1 Å². The Bertz CT molecular complexity index is 552. The van der Waals surface area contributed by atoms with E-state index in [4.69, 9.17) is 5.73 Å². The van der Waals surface area contributed by atoms with Crippen LogP contribution in [0.15, 0.2) is 29.3 Å². The lowest BCUT2D eigenvalue weighted by atomic mass is 10.1. The molecule has 3 nitrogen and oxygen atoms in total. The molecule has 0 aliphatic heterocycles. The maximum absolute atomic E-state index is 5.99. The summed E-state index contributed by atoms with van der Waals surface area (Å²) in [6.07, 6.45) is 1.87. The van der Waals surface area contributed by atoms with Gasteiger partial charge in [0.05, 0.1) is 0 Å². The van der Waals surface area contributed by atoms with Crippen molar-refractivity contribution in [2.24, 2.45) is 0 Å². The van der Waals surface area contributed by atoms with Crippen LogP contribution >= 0.6 is 11.8 Å². The summed E-state index contributed by atoms with van der Waals surface area (Å²) in [5.41, 5.74) is 7.83. The van der Waals surface area contributed by atoms with Crippen molar-refractivity contribution in [2.75, 3.05) is 32.1 Å². The zero-order valence-corrected chi connectivity index (χ0v) is 11.9. The minimum atomic E-state index is 0.800. The lowest BCUT2D eigenvalue weighted by Gasteiger charge is -2.11. The average molecular weight is 261 g/mol. The number of benzene rings is 1. The van der Waals surface area contributed by atoms with Gasteiger partial charge in [-0.25, -0.2) is 0 Å². The fraction of sp³-hybridized carbons (Fsp3) is 0.357. The fourth-order valence-electron chi connectivity index (χ4n) is 1.80. The molecule has 1 aromatic heterocycles. The molecular formula is C14H19N3S. The smallest absolute Gasteiger partial charge is 0.0410 e. The van der Waals surface area contributed by atoms with Crippen molar-refractivity contribution in [2.45, 2.75) is 11.8 Å². The molecular weight excluding hydrogens is 242 g/mol. The van der Waals surface area contributed by atoms with Crippen LogP contribution in [-0.2, 0) is 0 Å². The maximum atomic E-state index is 5.99. The first-order valence-electron chi connectivity index (χ1n) is 6.00. The summed E-state index contributed by atoms with van der Waals surface area (Å²) in [6.45, 7) is 3.08. The van der Waals surface area contributed by atoms with Crippen LogP contribution in [0.4, 0.5) is 5.69 Å². The summed E-state index contributed by atoms with van der Waals surface area (Å²) in [7, 11) is 4.19. The van der Waals surface area contributed by atoms with E-state index in [9.17, 15) is 0 Å². The molecule has 2 aromatic rings. The summed E-state index contributed by atoms with van der Waals surface area (Å²) >= 11 is 1.87. The zero-order valence-electron chi connectivity index (χ0n) is 11.1. The standard InChI is InChI=1S/C14H19N3S/c1-10-8-11-12(9-16-10)13(15)4-5-14(11)18-7-6-17(2)3/h4-5,8-9H,6-7,15H2,1-3H3. The Kier molecular flexibility index (Phi) is 4.09. The molecule has 1 aromatic carbocycles. The third-order valence-electron chi connectivity index (χ3n) is 2.83. The quantitative estimate of drug-likeness (QED) is 0.679. The summed E-state index contributed by atoms with van der Waals surface area (Å²) < 4.78 is 0. The van der Waals surface area contributed by atoms with Gasteiger partial charge in [-0.1, -0.05) is 0 Å². The first kappa shape index (κ1) is 13.2. The van der Waals surface area contributed by atoms with Crippen molar-refractivity contribution in [3.8, 4) is 0 Å². The van der Waals surface area contributed by atoms with Crippen LogP contribution in [0.2, 0.25) is 0 Å². The highest BCUT2D eigenvalue weighted by molar-refractivity contribution is 7.99. The largest absolute Gasteiger partial charge is 0.398 e. The van der Waals surface area contributed by atoms with Crippen molar-refractivity contribution < 1.29 is 0 Å². The molecule has 4 heteroatoms. The second-order valence-electron chi connectivity index (χ2n) is 4.68. The zero-order chi connectivity index (χ0) is 13.1. The Labute approximate surface area is 112 Å². The highest BCUT2D eigenvalue weighted by Gasteiger charge is 2.06. The number of fused-ring (bicyclic) bond motifs is 1. The third-order valence-corrected chi connectivity index (χ3v) is 3.88. The topological polar surface area (TPSA) is 42.1 Å². The normalized spacial score (nSPS) is 11.3. The molecule has 0 spiro atoms. The average Bonchev–Trinajstić information content (AvgIpc) is 2.31. The molecule has 2 N–H and O–H groups in total. The number of pyridine rings is 1. The number of nitrogens with zero attached hydrogens (tertiary/aromatic N) is 2. The molecule has 18 heavy (non-hydrogen) atoms. The number of hydrogen-bond acceptors (Lipinski definition) is 4. The summed E-state index contributed by atoms with van der Waals surface area (Å²) in [5.74, 6) is 1.08. The molecule has 0 atom stereocenters. The van der Waals surface area contributed by atoms with Crippen LogP contribution in [0.25, 0.3) is 10.8 Å². The Hall–Kier alpha value is -1.26. The summed E-state index contributed by atoms with van der Waals surface area (Å²) in [6, 6.07) is 6.19. The monoisotopic (exact) mass is 261 g/mol. The van der Waals surface area contributed by atoms with Crippen LogP contribution in [0, 0.1) is 6.92 Å². The molecule has 2 rings (SSSR count). The van der Waals surface area contributed by atoms with Gasteiger partial charge in [0, 0.05) is 45.5 Å². The lowest BCUT2D eigenvalue weighted by molar-refractivity contribution is 0.437. The van der Waals surface area contributed by atoms with Crippen LogP contribution in [0.3, 0.4) is 0 Å². The van der Waals surface area contributed by atoms with E-state index in [0.29, 0.717) is 0 Å². The van der Waals surface area contributed by atoms with E-state index in [1.807, 2.05) is 30.9 Å². The van der Waals surface area contributed by atoms with Gasteiger partial charge in [0.25, 0.3) is 0 Å². The molecule has 96 valence electrons. The summed E-state index contributed by atoms with van der Waals surface area (Å²) in [4.78, 5) is 7.80. The van der Waals surface area contributed by atoms with Crippen molar-refractivity contribution in [3.63, 3.8) is 0 Å². The highest BCUT2D eigenvalue weighted by Crippen LogP contribution is 2.31. The third kappa shape index (κ3) is 2.94. The van der Waals surface area contributed by atoms with Gasteiger partial charge in [0.1, 0.15) is 0 Å². The molecule has 0 bridgehead atoms. The highest BCUT2D eigenvalue weighted by atomic mass is 32.2. The number of aryl methyl sites for hydroxylation is 1. The van der Waals surface area contributed by atoms with E-state index in [1.165, 1.54) is 10.3 Å². The van der Waals surface area contributed by atoms with Gasteiger partial charge in [-0.2, -0.15) is 0 Å². The van der Waals surface area contributed by atoms with Gasteiger partial charge in [0.2, 0.25) is 0 Å². The molecule has 0 radical (unpaired) electrons. The number of aromatic nitrogens is 1. The maximum Gasteiger partial charge on any atom is 0.0410 e. The molecule has 0 amide bonds. The van der Waals surface area contributed by atoms with Crippen molar-refractivity contribution in [1.29, 1.82) is 0 Å². The van der Waals surface area contributed by atoms with Gasteiger partial charge >= 0.3 is 0 Å². The van der Waals surface area contributed by atoms with Gasteiger partial charge in [-0.15, -0.1) is 11.8 Å². The van der Waals surface area contributed by atoms with Crippen LogP contribution in [-0.4, -0.2) is 36.3 Å². The van der Waals surface area contributed by atoms with E-state index < -0.39 is 0 Å². The van der Waals surface area contributed by atoms with E-state index in [-0.39, 0.29) is 0 Å². The van der Waals surface area contributed by atoms with Crippen molar-refractivity contribution in [3.05, 3.63) is 30.1 Å². The van der Waals surface area contributed by atoms with E-state index in [1.54, 1.807) is 0 Å². The second kappa shape index (κ2) is 5.59. The Balaban J connectivity index is 2.32. The van der Waals surface area contributed by atoms with Gasteiger partial charge in [0.15, 0.2) is 0 Å². The number of rotatable bonds is 4. The molecule has 0 aliphatic rings. The fourth-order valence-corrected chi connectivity index (χ4v) is 2.97. The van der Waals surface area contributed by atoms with E-state index >= 15 is 0 Å². The van der Waals surface area contributed by atoms with Crippen LogP contribution in [0.1, 0.15) is 5.69 Å². The van der Waals surface area contributed by atoms with Gasteiger partial charge in [-0.3, -0.25) is 4.98 Å². The Morgan fingerprint density at radius 2 is 2.06 bits per heavy atom. The van der Waals surface area contributed by atoms with Crippen molar-refractivity contribution >= 4 is 28.2 Å². The minimum absolute atomic E-state index is 0.800. The van der Waals surface area contributed by atoms with Crippen LogP contribution < -0.4 is 5.73 Å². The number of nitrogen functional groups attached to an aromatic ring is 1. The molecule has 0 unspecified atom stereocenters. The predicted octanol–water partition coefficient (Wildman–Crippen LogP) is 2.78. The molecule has 0 saturated heterocycles. The first-order chi connectivity index (χ1) is 8.58. The summed E-state index contributed by atoms with van der Waals surface area (Å²) in [5, 5.41) is 2.27. The van der Waals surface area contributed by atoms with Gasteiger partial charge < -0.3 is 10.6 Å². The number of anilines is 1. The Morgan fingerprint density at radius 3 is 2.78 bits per heavy atom. The molecule has 1 heterocycles. The molecule has 0 fully saturated rings. The SMILES string of the molecule is Cc1cc2c(SCCN(C)C)ccc(N)c2cn1. The number of hydrogen-bond donors (Lipinski definition) is 1.